The fraction of sp³-hybridized carbons (Fsp3) is 0.200. The molecule has 0 fully saturated rings. The highest BCUT2D eigenvalue weighted by Gasteiger charge is 2.08. The van der Waals surface area contributed by atoms with E-state index in [-0.39, 0.29) is 0 Å². The van der Waals surface area contributed by atoms with Crippen LogP contribution in [0.5, 0.6) is 5.75 Å². The molecule has 3 nitrogen and oxygen atoms in total. The van der Waals surface area contributed by atoms with Crippen LogP contribution in [0.2, 0.25) is 0 Å². The second-order valence-electron chi connectivity index (χ2n) is 3.03. The number of hydrogen-bond donors (Lipinski definition) is 0. The molecule has 0 spiro atoms. The first kappa shape index (κ1) is 10.3. The van der Waals surface area contributed by atoms with Gasteiger partial charge in [0.05, 0.1) is 7.11 Å². The molecule has 0 saturated carbocycles. The van der Waals surface area contributed by atoms with Gasteiger partial charge >= 0.3 is 0 Å². The van der Waals surface area contributed by atoms with Crippen molar-refractivity contribution >= 4 is 24.0 Å². The molecule has 2 rings (SSSR count). The highest BCUT2D eigenvalue weighted by molar-refractivity contribution is 7.62. The Morgan fingerprint density at radius 1 is 1.33 bits per heavy atom. The first-order valence-corrected chi connectivity index (χ1v) is 5.62. The Hall–Kier alpha value is -1.20. The van der Waals surface area contributed by atoms with Gasteiger partial charge in [0.1, 0.15) is 5.75 Å². The molecule has 78 valence electrons. The Balaban J connectivity index is 2.41. The molecule has 0 radical (unpaired) electrons. The first-order chi connectivity index (χ1) is 7.20. The Kier molecular flexibility index (Phi) is 2.83. The zero-order chi connectivity index (χ0) is 10.8. The molecule has 2 aromatic rings. The van der Waals surface area contributed by atoms with Crippen molar-refractivity contribution < 1.29 is 9.42 Å². The number of benzene rings is 1. The summed E-state index contributed by atoms with van der Waals surface area (Å²) in [4.78, 5) is 0. The molecular formula is C10H10N2OS2. The maximum Gasteiger partial charge on any atom is 0.204 e. The molecule has 0 saturated heterocycles. The van der Waals surface area contributed by atoms with E-state index in [1.165, 1.54) is 11.3 Å². The van der Waals surface area contributed by atoms with Crippen molar-refractivity contribution in [2.45, 2.75) is 4.34 Å². The molecular weight excluding hydrogens is 228 g/mol. The molecule has 0 aliphatic rings. The number of rotatable bonds is 2. The third-order valence-electron chi connectivity index (χ3n) is 2.05. The van der Waals surface area contributed by atoms with E-state index >= 15 is 0 Å². The number of aryl methyl sites for hydroxylation is 1. The summed E-state index contributed by atoms with van der Waals surface area (Å²) in [5, 5.41) is 5.21. The molecule has 1 heterocycles. The van der Waals surface area contributed by atoms with Crippen molar-refractivity contribution in [2.24, 2.45) is 7.05 Å². The third-order valence-corrected chi connectivity index (χ3v) is 3.33. The third kappa shape index (κ3) is 2.08. The van der Waals surface area contributed by atoms with Gasteiger partial charge in [0.25, 0.3) is 0 Å². The van der Waals surface area contributed by atoms with Crippen molar-refractivity contribution in [3.8, 4) is 16.3 Å². The van der Waals surface area contributed by atoms with E-state index in [1.807, 2.05) is 31.3 Å². The van der Waals surface area contributed by atoms with Gasteiger partial charge in [-0.15, -0.1) is 0 Å². The SMILES string of the molecule is COc1ccc(-c2sc([S-])n[n+]2C)cc1. The van der Waals surface area contributed by atoms with Gasteiger partial charge < -0.3 is 17.4 Å². The lowest BCUT2D eigenvalue weighted by molar-refractivity contribution is -0.718. The second kappa shape index (κ2) is 4.12. The van der Waals surface area contributed by atoms with E-state index in [4.69, 9.17) is 17.4 Å². The number of ether oxygens (including phenoxy) is 1. The smallest absolute Gasteiger partial charge is 0.204 e. The van der Waals surface area contributed by atoms with Crippen LogP contribution in [0.25, 0.3) is 10.6 Å². The zero-order valence-corrected chi connectivity index (χ0v) is 10.1. The fourth-order valence-corrected chi connectivity index (χ4v) is 2.43. The van der Waals surface area contributed by atoms with Crippen molar-refractivity contribution in [3.63, 3.8) is 0 Å². The Morgan fingerprint density at radius 3 is 2.47 bits per heavy atom. The molecule has 0 amide bonds. The minimum atomic E-state index is 0.656. The number of aromatic nitrogens is 2. The van der Waals surface area contributed by atoms with Crippen LogP contribution < -0.4 is 9.42 Å². The summed E-state index contributed by atoms with van der Waals surface area (Å²) < 4.78 is 7.56. The normalized spacial score (nSPS) is 10.3. The Morgan fingerprint density at radius 2 is 2.00 bits per heavy atom. The van der Waals surface area contributed by atoms with Crippen molar-refractivity contribution in [3.05, 3.63) is 24.3 Å². The van der Waals surface area contributed by atoms with E-state index in [9.17, 15) is 0 Å². The minimum absolute atomic E-state index is 0.656. The van der Waals surface area contributed by atoms with Gasteiger partial charge in [-0.05, 0) is 29.4 Å². The van der Waals surface area contributed by atoms with E-state index in [1.54, 1.807) is 11.8 Å². The highest BCUT2D eigenvalue weighted by Crippen LogP contribution is 2.23. The average Bonchev–Trinajstić information content (AvgIpc) is 2.58. The summed E-state index contributed by atoms with van der Waals surface area (Å²) in [6, 6.07) is 7.86. The summed E-state index contributed by atoms with van der Waals surface area (Å²) in [6.07, 6.45) is 0. The van der Waals surface area contributed by atoms with Gasteiger partial charge in [-0.2, -0.15) is 0 Å². The number of methoxy groups -OCH3 is 1. The van der Waals surface area contributed by atoms with Gasteiger partial charge in [0, 0.05) is 9.90 Å². The van der Waals surface area contributed by atoms with E-state index in [0.717, 1.165) is 16.3 Å². The summed E-state index contributed by atoms with van der Waals surface area (Å²) in [5.41, 5.74) is 1.10. The second-order valence-corrected chi connectivity index (χ2v) is 4.65. The Bertz CT molecular complexity index is 465. The molecule has 15 heavy (non-hydrogen) atoms. The lowest BCUT2D eigenvalue weighted by Crippen LogP contribution is -2.31. The van der Waals surface area contributed by atoms with Crippen molar-refractivity contribution in [1.82, 2.24) is 5.10 Å². The predicted molar refractivity (Wildman–Crippen MR) is 60.9 cm³/mol. The number of hydrogen-bond acceptors (Lipinski definition) is 4. The Labute approximate surface area is 97.7 Å². The summed E-state index contributed by atoms with van der Waals surface area (Å²) in [7, 11) is 3.55. The van der Waals surface area contributed by atoms with E-state index in [2.05, 4.69) is 5.10 Å². The molecule has 0 aliphatic heterocycles. The van der Waals surface area contributed by atoms with Crippen molar-refractivity contribution in [1.29, 1.82) is 0 Å². The standard InChI is InChI=1S/C10H10N2OS2/c1-12-9(15-10(14)11-12)7-3-5-8(13-2)6-4-7/h3-6H,1-2H3. The van der Waals surface area contributed by atoms with Crippen LogP contribution in [0.3, 0.4) is 0 Å². The molecule has 0 unspecified atom stereocenters. The van der Waals surface area contributed by atoms with E-state index in [0.29, 0.717) is 4.34 Å². The predicted octanol–water partition coefficient (Wildman–Crippen LogP) is 1.55. The molecule has 0 N–H and O–H groups in total. The van der Waals surface area contributed by atoms with E-state index < -0.39 is 0 Å². The van der Waals surface area contributed by atoms with Gasteiger partial charge in [0.15, 0.2) is 7.05 Å². The van der Waals surface area contributed by atoms with Gasteiger partial charge in [-0.3, -0.25) is 11.3 Å². The van der Waals surface area contributed by atoms with Crippen LogP contribution in [0.15, 0.2) is 28.6 Å². The summed E-state index contributed by atoms with van der Waals surface area (Å²) >= 11 is 6.54. The maximum absolute atomic E-state index is 5.10. The summed E-state index contributed by atoms with van der Waals surface area (Å²) in [6.45, 7) is 0. The largest absolute Gasteiger partial charge is 0.497 e. The molecule has 5 heteroatoms. The molecule has 0 atom stereocenters. The first-order valence-electron chi connectivity index (χ1n) is 4.39. The quantitative estimate of drug-likeness (QED) is 0.586. The van der Waals surface area contributed by atoms with Crippen LogP contribution in [-0.4, -0.2) is 12.2 Å². The molecule has 0 bridgehead atoms. The average molecular weight is 238 g/mol. The zero-order valence-electron chi connectivity index (χ0n) is 8.43. The lowest BCUT2D eigenvalue weighted by atomic mass is 10.2. The lowest BCUT2D eigenvalue weighted by Gasteiger charge is -2.00. The van der Waals surface area contributed by atoms with Crippen LogP contribution in [0.4, 0.5) is 0 Å². The van der Waals surface area contributed by atoms with Crippen molar-refractivity contribution in [2.75, 3.05) is 7.11 Å². The minimum Gasteiger partial charge on any atom is -0.497 e. The van der Waals surface area contributed by atoms with Crippen LogP contribution >= 0.6 is 11.3 Å². The molecule has 0 aliphatic carbocycles. The van der Waals surface area contributed by atoms with Crippen LogP contribution in [-0.2, 0) is 19.7 Å². The molecule has 1 aromatic carbocycles. The van der Waals surface area contributed by atoms with Gasteiger partial charge in [-0.25, -0.2) is 0 Å². The topological polar surface area (TPSA) is 26.0 Å². The monoisotopic (exact) mass is 238 g/mol. The maximum atomic E-state index is 5.10. The number of nitrogens with zero attached hydrogens (tertiary/aromatic N) is 2. The van der Waals surface area contributed by atoms with Gasteiger partial charge in [-0.1, -0.05) is 4.68 Å². The highest BCUT2D eigenvalue weighted by atomic mass is 32.2. The summed E-state index contributed by atoms with van der Waals surface area (Å²) in [5.74, 6) is 0.851. The van der Waals surface area contributed by atoms with Gasteiger partial charge in [0.2, 0.25) is 5.01 Å². The molecule has 1 aromatic heterocycles. The fourth-order valence-electron chi connectivity index (χ4n) is 1.32. The van der Waals surface area contributed by atoms with Crippen LogP contribution in [0.1, 0.15) is 0 Å². The van der Waals surface area contributed by atoms with Crippen LogP contribution in [0, 0.1) is 0 Å².